The highest BCUT2D eigenvalue weighted by Crippen LogP contribution is 2.30. The molecule has 1 aromatic carbocycles. The molecule has 0 aliphatic carbocycles. The van der Waals surface area contributed by atoms with E-state index in [0.717, 1.165) is 54.1 Å². The van der Waals surface area contributed by atoms with E-state index in [1.54, 1.807) is 12.4 Å². The molecule has 33 heavy (non-hydrogen) atoms. The molecule has 0 bridgehead atoms. The summed E-state index contributed by atoms with van der Waals surface area (Å²) in [7, 11) is 0. The van der Waals surface area contributed by atoms with Crippen LogP contribution in [0.4, 0.5) is 23.0 Å². The lowest BCUT2D eigenvalue weighted by molar-refractivity contribution is 0.122. The van der Waals surface area contributed by atoms with Crippen molar-refractivity contribution in [2.75, 3.05) is 42.3 Å². The lowest BCUT2D eigenvalue weighted by Crippen LogP contribution is -2.36. The lowest BCUT2D eigenvalue weighted by atomic mass is 10.1. The Kier molecular flexibility index (Phi) is 5.43. The maximum atomic E-state index is 12.7. The van der Waals surface area contributed by atoms with Crippen LogP contribution in [0.15, 0.2) is 53.6 Å². The molecule has 0 atom stereocenters. The Labute approximate surface area is 191 Å². The molecule has 4 heterocycles. The van der Waals surface area contributed by atoms with Crippen LogP contribution in [-0.4, -0.2) is 41.3 Å². The third-order valence-corrected chi connectivity index (χ3v) is 5.98. The van der Waals surface area contributed by atoms with Gasteiger partial charge in [-0.25, -0.2) is 9.97 Å². The molecular formula is C25H26N6O2. The minimum absolute atomic E-state index is 0.192. The number of rotatable bonds is 4. The fraction of sp³-hybridized carbons (Fsp3) is 0.240. The van der Waals surface area contributed by atoms with Crippen LogP contribution in [0.2, 0.25) is 0 Å². The van der Waals surface area contributed by atoms with E-state index in [-0.39, 0.29) is 5.56 Å². The van der Waals surface area contributed by atoms with Gasteiger partial charge >= 0.3 is 0 Å². The molecule has 1 aliphatic heterocycles. The Morgan fingerprint density at radius 2 is 1.91 bits per heavy atom. The summed E-state index contributed by atoms with van der Waals surface area (Å²) in [5, 5.41) is 4.68. The molecule has 1 aliphatic rings. The molecule has 0 amide bonds. The second-order valence-electron chi connectivity index (χ2n) is 8.28. The van der Waals surface area contributed by atoms with Gasteiger partial charge in [-0.1, -0.05) is 0 Å². The average molecular weight is 443 g/mol. The Morgan fingerprint density at radius 1 is 1.09 bits per heavy atom. The van der Waals surface area contributed by atoms with Gasteiger partial charge in [-0.15, -0.1) is 0 Å². The van der Waals surface area contributed by atoms with E-state index < -0.39 is 0 Å². The molecule has 0 unspecified atom stereocenters. The molecule has 4 N–H and O–H groups in total. The fourth-order valence-corrected chi connectivity index (χ4v) is 4.21. The Morgan fingerprint density at radius 3 is 2.67 bits per heavy atom. The van der Waals surface area contributed by atoms with E-state index in [1.807, 2.05) is 31.2 Å². The molecule has 0 radical (unpaired) electrons. The Hall–Kier alpha value is -3.91. The number of ether oxygens (including phenoxy) is 1. The van der Waals surface area contributed by atoms with Crippen LogP contribution in [0.3, 0.4) is 0 Å². The largest absolute Gasteiger partial charge is 0.383 e. The molecule has 8 nitrogen and oxygen atoms in total. The number of benzene rings is 1. The first-order valence-electron chi connectivity index (χ1n) is 10.9. The second kappa shape index (κ2) is 8.55. The summed E-state index contributed by atoms with van der Waals surface area (Å²) in [5.41, 5.74) is 11.3. The number of hydrogen-bond donors (Lipinski definition) is 3. The topological polar surface area (TPSA) is 109 Å². The van der Waals surface area contributed by atoms with Crippen LogP contribution < -0.4 is 21.5 Å². The number of aromatic nitrogens is 3. The van der Waals surface area contributed by atoms with Crippen molar-refractivity contribution in [3.8, 4) is 11.3 Å². The number of anilines is 4. The van der Waals surface area contributed by atoms with Gasteiger partial charge in [-0.3, -0.25) is 4.79 Å². The van der Waals surface area contributed by atoms with Crippen molar-refractivity contribution >= 4 is 33.8 Å². The first-order chi connectivity index (χ1) is 16.0. The molecule has 0 spiro atoms. The monoisotopic (exact) mass is 442 g/mol. The summed E-state index contributed by atoms with van der Waals surface area (Å²) in [6, 6.07) is 11.9. The Bertz CT molecular complexity index is 1390. The van der Waals surface area contributed by atoms with Gasteiger partial charge in [0.05, 0.1) is 24.3 Å². The molecule has 5 rings (SSSR count). The van der Waals surface area contributed by atoms with Crippen molar-refractivity contribution in [2.24, 2.45) is 0 Å². The minimum Gasteiger partial charge on any atom is -0.383 e. The number of pyridine rings is 3. The van der Waals surface area contributed by atoms with Gasteiger partial charge in [0.25, 0.3) is 5.56 Å². The number of H-pyrrole nitrogens is 1. The summed E-state index contributed by atoms with van der Waals surface area (Å²) < 4.78 is 5.47. The van der Waals surface area contributed by atoms with E-state index in [9.17, 15) is 4.79 Å². The quantitative estimate of drug-likeness (QED) is 0.441. The van der Waals surface area contributed by atoms with Crippen molar-refractivity contribution in [3.63, 3.8) is 0 Å². The standard InChI is InChI=1S/C25H26N6O2/c1-15-12-19(3-4-21(15)31-7-9-33-10-8-31)29-24-22-17(5-6-27-25(22)32)13-20(30-24)18-11-16(2)23(26)28-14-18/h3-6,11-14H,7-10H2,1-2H3,(H2,26,28)(H,27,32)(H,29,30). The summed E-state index contributed by atoms with van der Waals surface area (Å²) >= 11 is 0. The predicted octanol–water partition coefficient (Wildman–Crippen LogP) is 3.76. The SMILES string of the molecule is Cc1cc(Nc2nc(-c3cnc(N)c(C)c3)cc3cc[nH]c(=O)c23)ccc1N1CCOCC1. The zero-order valence-electron chi connectivity index (χ0n) is 18.7. The smallest absolute Gasteiger partial charge is 0.259 e. The normalized spacial score (nSPS) is 13.9. The third kappa shape index (κ3) is 4.12. The van der Waals surface area contributed by atoms with E-state index in [0.29, 0.717) is 22.7 Å². The van der Waals surface area contributed by atoms with Crippen molar-refractivity contribution in [3.05, 3.63) is 70.3 Å². The highest BCUT2D eigenvalue weighted by Gasteiger charge is 2.15. The summed E-state index contributed by atoms with van der Waals surface area (Å²) in [6.45, 7) is 7.25. The summed E-state index contributed by atoms with van der Waals surface area (Å²) in [5.74, 6) is 0.988. The highest BCUT2D eigenvalue weighted by molar-refractivity contribution is 5.95. The maximum Gasteiger partial charge on any atom is 0.259 e. The van der Waals surface area contributed by atoms with Crippen LogP contribution >= 0.6 is 0 Å². The van der Waals surface area contributed by atoms with Crippen molar-refractivity contribution in [1.29, 1.82) is 0 Å². The molecule has 3 aromatic heterocycles. The number of aryl methyl sites for hydroxylation is 2. The van der Waals surface area contributed by atoms with Gasteiger partial charge < -0.3 is 25.7 Å². The molecule has 4 aromatic rings. The van der Waals surface area contributed by atoms with Crippen molar-refractivity contribution in [2.45, 2.75) is 13.8 Å². The molecule has 0 saturated carbocycles. The minimum atomic E-state index is -0.192. The van der Waals surface area contributed by atoms with Gasteiger partial charge in [0.15, 0.2) is 0 Å². The fourth-order valence-electron chi connectivity index (χ4n) is 4.21. The Balaban J connectivity index is 1.56. The molecular weight excluding hydrogens is 416 g/mol. The number of hydrogen-bond acceptors (Lipinski definition) is 7. The van der Waals surface area contributed by atoms with Gasteiger partial charge in [0, 0.05) is 42.4 Å². The van der Waals surface area contributed by atoms with E-state index in [1.165, 1.54) is 5.69 Å². The number of aromatic amines is 1. The average Bonchev–Trinajstić information content (AvgIpc) is 2.81. The van der Waals surface area contributed by atoms with Crippen molar-refractivity contribution < 1.29 is 4.74 Å². The molecule has 1 fully saturated rings. The van der Waals surface area contributed by atoms with Crippen LogP contribution in [0.5, 0.6) is 0 Å². The summed E-state index contributed by atoms with van der Waals surface area (Å²) in [4.78, 5) is 26.8. The van der Waals surface area contributed by atoms with E-state index in [2.05, 4.69) is 39.2 Å². The van der Waals surface area contributed by atoms with Crippen LogP contribution in [-0.2, 0) is 4.74 Å². The number of morpholine rings is 1. The zero-order chi connectivity index (χ0) is 22.9. The first-order valence-corrected chi connectivity index (χ1v) is 10.9. The zero-order valence-corrected chi connectivity index (χ0v) is 18.7. The van der Waals surface area contributed by atoms with Crippen LogP contribution in [0.25, 0.3) is 22.0 Å². The van der Waals surface area contributed by atoms with Crippen LogP contribution in [0, 0.1) is 13.8 Å². The lowest BCUT2D eigenvalue weighted by Gasteiger charge is -2.30. The van der Waals surface area contributed by atoms with E-state index in [4.69, 9.17) is 15.5 Å². The molecule has 168 valence electrons. The number of nitrogens with one attached hydrogen (secondary N) is 2. The number of nitrogen functional groups attached to an aromatic ring is 1. The number of nitrogens with two attached hydrogens (primary N) is 1. The van der Waals surface area contributed by atoms with E-state index >= 15 is 0 Å². The first kappa shape index (κ1) is 21.0. The van der Waals surface area contributed by atoms with Gasteiger partial charge in [-0.05, 0) is 66.8 Å². The van der Waals surface area contributed by atoms with Crippen molar-refractivity contribution in [1.82, 2.24) is 15.0 Å². The predicted molar refractivity (Wildman–Crippen MR) is 132 cm³/mol. The molecule has 8 heteroatoms. The number of nitrogens with zero attached hydrogens (tertiary/aromatic N) is 3. The summed E-state index contributed by atoms with van der Waals surface area (Å²) in [6.07, 6.45) is 3.35. The highest BCUT2D eigenvalue weighted by atomic mass is 16.5. The number of fused-ring (bicyclic) bond motifs is 1. The van der Waals surface area contributed by atoms with Gasteiger partial charge in [-0.2, -0.15) is 0 Å². The van der Waals surface area contributed by atoms with Crippen LogP contribution in [0.1, 0.15) is 11.1 Å². The second-order valence-corrected chi connectivity index (χ2v) is 8.28. The third-order valence-electron chi connectivity index (χ3n) is 5.98. The maximum absolute atomic E-state index is 12.7. The van der Waals surface area contributed by atoms with Gasteiger partial charge in [0.1, 0.15) is 11.6 Å². The molecule has 1 saturated heterocycles. The van der Waals surface area contributed by atoms with Gasteiger partial charge in [0.2, 0.25) is 0 Å².